The van der Waals surface area contributed by atoms with Gasteiger partial charge in [-0.05, 0) is 56.0 Å². The molecule has 2 aliphatic rings. The number of nitrogens with one attached hydrogen (secondary N) is 2. The first kappa shape index (κ1) is 14.9. The molecule has 3 unspecified atom stereocenters. The van der Waals surface area contributed by atoms with Gasteiger partial charge in [0.2, 0.25) is 0 Å². The van der Waals surface area contributed by atoms with Gasteiger partial charge in [0, 0.05) is 25.0 Å². The normalized spacial score (nSPS) is 30.7. The van der Waals surface area contributed by atoms with Crippen molar-refractivity contribution in [1.82, 2.24) is 15.8 Å². The zero-order valence-corrected chi connectivity index (χ0v) is 12.8. The van der Waals surface area contributed by atoms with Crippen LogP contribution in [0.3, 0.4) is 0 Å². The van der Waals surface area contributed by atoms with Crippen molar-refractivity contribution in [2.24, 2.45) is 5.92 Å². The van der Waals surface area contributed by atoms with E-state index in [1.54, 1.807) is 6.07 Å². The SMILES string of the molecule is CCCN1CCCC(C2NNCC2c2cccc(F)c2)C1. The quantitative estimate of drug-likeness (QED) is 0.892. The van der Waals surface area contributed by atoms with E-state index in [0.717, 1.165) is 12.1 Å². The largest absolute Gasteiger partial charge is 0.303 e. The third kappa shape index (κ3) is 3.44. The summed E-state index contributed by atoms with van der Waals surface area (Å²) in [4.78, 5) is 2.58. The van der Waals surface area contributed by atoms with Crippen molar-refractivity contribution in [3.63, 3.8) is 0 Å². The van der Waals surface area contributed by atoms with E-state index in [0.29, 0.717) is 17.9 Å². The molecule has 3 rings (SSSR count). The second-order valence-corrected chi connectivity index (χ2v) is 6.42. The monoisotopic (exact) mass is 291 g/mol. The molecule has 2 heterocycles. The van der Waals surface area contributed by atoms with E-state index >= 15 is 0 Å². The van der Waals surface area contributed by atoms with Crippen LogP contribution in [0, 0.1) is 11.7 Å². The number of rotatable bonds is 4. The van der Waals surface area contributed by atoms with Crippen molar-refractivity contribution in [3.05, 3.63) is 35.6 Å². The highest BCUT2D eigenvalue weighted by molar-refractivity contribution is 5.24. The second-order valence-electron chi connectivity index (χ2n) is 6.42. The minimum atomic E-state index is -0.130. The van der Waals surface area contributed by atoms with Gasteiger partial charge in [0.15, 0.2) is 0 Å². The number of likely N-dealkylation sites (tertiary alicyclic amines) is 1. The molecule has 0 radical (unpaired) electrons. The van der Waals surface area contributed by atoms with Crippen molar-refractivity contribution in [3.8, 4) is 0 Å². The summed E-state index contributed by atoms with van der Waals surface area (Å²) in [5.74, 6) is 0.884. The lowest BCUT2D eigenvalue weighted by Crippen LogP contribution is -2.46. The molecule has 2 saturated heterocycles. The average molecular weight is 291 g/mol. The van der Waals surface area contributed by atoms with Gasteiger partial charge in [-0.1, -0.05) is 19.1 Å². The molecule has 0 saturated carbocycles. The minimum absolute atomic E-state index is 0.130. The zero-order chi connectivity index (χ0) is 14.7. The summed E-state index contributed by atoms with van der Waals surface area (Å²) < 4.78 is 13.5. The first-order valence-corrected chi connectivity index (χ1v) is 8.24. The van der Waals surface area contributed by atoms with Crippen LogP contribution in [0.25, 0.3) is 0 Å². The third-order valence-corrected chi connectivity index (χ3v) is 4.89. The van der Waals surface area contributed by atoms with Crippen molar-refractivity contribution in [2.75, 3.05) is 26.2 Å². The number of hydrogen-bond donors (Lipinski definition) is 2. The van der Waals surface area contributed by atoms with Crippen LogP contribution in [0.2, 0.25) is 0 Å². The predicted octanol–water partition coefficient (Wildman–Crippen LogP) is 2.51. The molecule has 4 heteroatoms. The molecule has 0 spiro atoms. The van der Waals surface area contributed by atoms with Crippen LogP contribution in [-0.4, -0.2) is 37.1 Å². The van der Waals surface area contributed by atoms with Crippen LogP contribution >= 0.6 is 0 Å². The maximum atomic E-state index is 13.5. The molecule has 0 bridgehead atoms. The number of piperidine rings is 1. The van der Waals surface area contributed by atoms with Gasteiger partial charge in [-0.2, -0.15) is 0 Å². The molecule has 21 heavy (non-hydrogen) atoms. The highest BCUT2D eigenvalue weighted by Gasteiger charge is 2.36. The van der Waals surface area contributed by atoms with Crippen LogP contribution in [0.15, 0.2) is 24.3 Å². The van der Waals surface area contributed by atoms with Gasteiger partial charge in [-0.15, -0.1) is 0 Å². The van der Waals surface area contributed by atoms with E-state index in [2.05, 4.69) is 28.7 Å². The van der Waals surface area contributed by atoms with Crippen LogP contribution in [-0.2, 0) is 0 Å². The summed E-state index contributed by atoms with van der Waals surface area (Å²) in [6.07, 6.45) is 3.76. The third-order valence-electron chi connectivity index (χ3n) is 4.89. The van der Waals surface area contributed by atoms with Gasteiger partial charge in [0.1, 0.15) is 5.82 Å². The lowest BCUT2D eigenvalue weighted by atomic mass is 9.81. The topological polar surface area (TPSA) is 27.3 Å². The van der Waals surface area contributed by atoms with Crippen LogP contribution < -0.4 is 10.9 Å². The summed E-state index contributed by atoms with van der Waals surface area (Å²) in [5.41, 5.74) is 7.87. The molecule has 1 aromatic carbocycles. The van der Waals surface area contributed by atoms with E-state index in [1.807, 2.05) is 6.07 Å². The molecule has 116 valence electrons. The zero-order valence-electron chi connectivity index (χ0n) is 12.8. The van der Waals surface area contributed by atoms with Crippen LogP contribution in [0.5, 0.6) is 0 Å². The Morgan fingerprint density at radius 1 is 1.38 bits per heavy atom. The number of hydrazine groups is 1. The maximum absolute atomic E-state index is 13.5. The molecule has 3 nitrogen and oxygen atoms in total. The molecule has 0 aromatic heterocycles. The molecule has 2 fully saturated rings. The molecule has 3 atom stereocenters. The van der Waals surface area contributed by atoms with E-state index in [4.69, 9.17) is 0 Å². The van der Waals surface area contributed by atoms with Gasteiger partial charge < -0.3 is 4.90 Å². The van der Waals surface area contributed by atoms with E-state index in [9.17, 15) is 4.39 Å². The fourth-order valence-corrected chi connectivity index (χ4v) is 3.93. The lowest BCUT2D eigenvalue weighted by molar-refractivity contribution is 0.146. The first-order valence-electron chi connectivity index (χ1n) is 8.24. The first-order chi connectivity index (χ1) is 10.3. The number of halogens is 1. The summed E-state index contributed by atoms with van der Waals surface area (Å²) in [5, 5.41) is 0. The average Bonchev–Trinajstić information content (AvgIpc) is 2.97. The summed E-state index contributed by atoms with van der Waals surface area (Å²) in [6.45, 7) is 6.72. The Hall–Kier alpha value is -0.970. The Kier molecular flexibility index (Phi) is 4.88. The Morgan fingerprint density at radius 3 is 3.10 bits per heavy atom. The van der Waals surface area contributed by atoms with Crippen molar-refractivity contribution in [2.45, 2.75) is 38.1 Å². The Bertz CT molecular complexity index is 463. The molecule has 0 aliphatic carbocycles. The lowest BCUT2D eigenvalue weighted by Gasteiger charge is -2.37. The Balaban J connectivity index is 1.71. The van der Waals surface area contributed by atoms with Gasteiger partial charge in [0.05, 0.1) is 0 Å². The Morgan fingerprint density at radius 2 is 2.29 bits per heavy atom. The highest BCUT2D eigenvalue weighted by atomic mass is 19.1. The van der Waals surface area contributed by atoms with Crippen LogP contribution in [0.1, 0.15) is 37.7 Å². The summed E-state index contributed by atoms with van der Waals surface area (Å²) in [6, 6.07) is 7.51. The highest BCUT2D eigenvalue weighted by Crippen LogP contribution is 2.31. The summed E-state index contributed by atoms with van der Waals surface area (Å²) >= 11 is 0. The molecule has 2 aliphatic heterocycles. The predicted molar refractivity (Wildman–Crippen MR) is 83.5 cm³/mol. The maximum Gasteiger partial charge on any atom is 0.123 e. The van der Waals surface area contributed by atoms with Gasteiger partial charge >= 0.3 is 0 Å². The standard InChI is InChI=1S/C17H26FN3/c1-2-8-21-9-4-6-14(12-21)17-16(11-19-20-17)13-5-3-7-15(18)10-13/h3,5,7,10,14,16-17,19-20H,2,4,6,8-9,11-12H2,1H3. The minimum Gasteiger partial charge on any atom is -0.303 e. The van der Waals surface area contributed by atoms with E-state index < -0.39 is 0 Å². The van der Waals surface area contributed by atoms with E-state index in [1.165, 1.54) is 45.0 Å². The smallest absolute Gasteiger partial charge is 0.123 e. The van der Waals surface area contributed by atoms with Crippen molar-refractivity contribution >= 4 is 0 Å². The van der Waals surface area contributed by atoms with Gasteiger partial charge in [0.25, 0.3) is 0 Å². The fourth-order valence-electron chi connectivity index (χ4n) is 3.93. The molecular weight excluding hydrogens is 265 g/mol. The fraction of sp³-hybridized carbons (Fsp3) is 0.647. The number of nitrogens with zero attached hydrogens (tertiary/aromatic N) is 1. The molecule has 2 N–H and O–H groups in total. The van der Waals surface area contributed by atoms with Gasteiger partial charge in [-0.3, -0.25) is 10.9 Å². The van der Waals surface area contributed by atoms with Crippen molar-refractivity contribution in [1.29, 1.82) is 0 Å². The molecular formula is C17H26FN3. The molecule has 1 aromatic rings. The molecule has 0 amide bonds. The van der Waals surface area contributed by atoms with Crippen LogP contribution in [0.4, 0.5) is 4.39 Å². The number of hydrogen-bond acceptors (Lipinski definition) is 3. The second kappa shape index (κ2) is 6.86. The summed E-state index contributed by atoms with van der Waals surface area (Å²) in [7, 11) is 0. The number of benzene rings is 1. The van der Waals surface area contributed by atoms with Gasteiger partial charge in [-0.25, -0.2) is 4.39 Å². The van der Waals surface area contributed by atoms with E-state index in [-0.39, 0.29) is 5.82 Å². The van der Waals surface area contributed by atoms with Crippen molar-refractivity contribution < 1.29 is 4.39 Å². The Labute approximate surface area is 126 Å².